The first-order valence-corrected chi connectivity index (χ1v) is 13.3. The van der Waals surface area contributed by atoms with Gasteiger partial charge in [-0.2, -0.15) is 5.10 Å². The van der Waals surface area contributed by atoms with Gasteiger partial charge >= 0.3 is 5.97 Å². The van der Waals surface area contributed by atoms with Crippen LogP contribution in [0.4, 0.5) is 0 Å². The summed E-state index contributed by atoms with van der Waals surface area (Å²) < 4.78 is 6.20. The summed E-state index contributed by atoms with van der Waals surface area (Å²) in [5.74, 6) is -0.0354. The Morgan fingerprint density at radius 1 is 0.882 bits per heavy atom. The number of benzene rings is 2. The second-order valence-electron chi connectivity index (χ2n) is 8.55. The molecule has 0 radical (unpaired) electrons. The van der Waals surface area contributed by atoms with Crippen LogP contribution in [0.25, 0.3) is 0 Å². The van der Waals surface area contributed by atoms with Gasteiger partial charge in [-0.1, -0.05) is 93.1 Å². The quantitative estimate of drug-likeness (QED) is 0.0793. The average molecular weight is 530 g/mol. The molecule has 0 aliphatic rings. The highest BCUT2D eigenvalue weighted by Gasteiger charge is 2.08. The summed E-state index contributed by atoms with van der Waals surface area (Å²) in [5, 5.41) is 4.02. The molecule has 0 atom stereocenters. The molecule has 0 aliphatic heterocycles. The molecule has 0 fully saturated rings. The van der Waals surface area contributed by atoms with Crippen molar-refractivity contribution in [3.63, 3.8) is 0 Å². The van der Waals surface area contributed by atoms with E-state index in [0.29, 0.717) is 17.7 Å². The first-order valence-electron chi connectivity index (χ1n) is 12.5. The van der Waals surface area contributed by atoms with Crippen molar-refractivity contribution >= 4 is 34.0 Å². The third-order valence-corrected chi connectivity index (χ3v) is 6.05. The number of esters is 1. The van der Waals surface area contributed by atoms with Crippen LogP contribution in [0.3, 0.4) is 0 Å². The Bertz CT molecular complexity index is 897. The van der Waals surface area contributed by atoms with Gasteiger partial charge in [-0.15, -0.1) is 0 Å². The van der Waals surface area contributed by atoms with Gasteiger partial charge in [-0.3, -0.25) is 4.79 Å². The molecule has 34 heavy (non-hydrogen) atoms. The van der Waals surface area contributed by atoms with Crippen molar-refractivity contribution in [1.29, 1.82) is 0 Å². The van der Waals surface area contributed by atoms with Gasteiger partial charge in [0.1, 0.15) is 5.75 Å². The van der Waals surface area contributed by atoms with Crippen LogP contribution in [0.1, 0.15) is 99.9 Å². The zero-order valence-electron chi connectivity index (χ0n) is 20.2. The van der Waals surface area contributed by atoms with E-state index in [1.54, 1.807) is 48.7 Å². The SMILES string of the molecule is CCCCCCCCCCCCCC(=O)N/N=C/c1ccc(OC(=O)c2cccc(Br)c2)cc1. The molecule has 0 saturated carbocycles. The number of hydrogen-bond acceptors (Lipinski definition) is 4. The van der Waals surface area contributed by atoms with Crippen molar-refractivity contribution < 1.29 is 14.3 Å². The van der Waals surface area contributed by atoms with Gasteiger partial charge in [0.15, 0.2) is 0 Å². The fourth-order valence-corrected chi connectivity index (χ4v) is 3.99. The van der Waals surface area contributed by atoms with Crippen LogP contribution < -0.4 is 10.2 Å². The standard InChI is InChI=1S/C28H37BrN2O3/c1-2-3-4-5-6-7-8-9-10-11-12-16-27(32)31-30-22-23-17-19-26(20-18-23)34-28(33)24-14-13-15-25(29)21-24/h13-15,17-22H,2-12,16H2,1H3,(H,31,32)/b30-22+. The van der Waals surface area contributed by atoms with E-state index in [9.17, 15) is 9.59 Å². The predicted molar refractivity (Wildman–Crippen MR) is 142 cm³/mol. The number of hydrazone groups is 1. The molecule has 6 heteroatoms. The molecule has 0 heterocycles. The molecule has 184 valence electrons. The normalized spacial score (nSPS) is 11.0. The maximum Gasteiger partial charge on any atom is 0.343 e. The predicted octanol–water partition coefficient (Wildman–Crippen LogP) is 7.82. The zero-order valence-corrected chi connectivity index (χ0v) is 21.8. The van der Waals surface area contributed by atoms with Crippen LogP contribution >= 0.6 is 15.9 Å². The number of halogens is 1. The Hall–Kier alpha value is -2.47. The third kappa shape index (κ3) is 12.1. The summed E-state index contributed by atoms with van der Waals surface area (Å²) in [5.41, 5.74) is 3.86. The zero-order chi connectivity index (χ0) is 24.4. The number of unbranched alkanes of at least 4 members (excludes halogenated alkanes) is 10. The van der Waals surface area contributed by atoms with Crippen molar-refractivity contribution in [3.05, 3.63) is 64.1 Å². The van der Waals surface area contributed by atoms with Gasteiger partial charge in [-0.25, -0.2) is 10.2 Å². The van der Waals surface area contributed by atoms with Crippen molar-refractivity contribution in [2.45, 2.75) is 84.0 Å². The smallest absolute Gasteiger partial charge is 0.343 e. The topological polar surface area (TPSA) is 67.8 Å². The summed E-state index contributed by atoms with van der Waals surface area (Å²) in [4.78, 5) is 24.1. The lowest BCUT2D eigenvalue weighted by Gasteiger charge is -2.05. The Kier molecular flexibility index (Phi) is 13.9. The molecule has 0 aromatic heterocycles. The highest BCUT2D eigenvalue weighted by molar-refractivity contribution is 9.10. The summed E-state index contributed by atoms with van der Waals surface area (Å²) >= 11 is 3.34. The number of nitrogens with one attached hydrogen (secondary N) is 1. The Morgan fingerprint density at radius 3 is 2.12 bits per heavy atom. The van der Waals surface area contributed by atoms with Crippen molar-refractivity contribution in [3.8, 4) is 5.75 Å². The number of ether oxygens (including phenoxy) is 1. The second kappa shape index (κ2) is 17.0. The molecule has 5 nitrogen and oxygen atoms in total. The van der Waals surface area contributed by atoms with E-state index in [4.69, 9.17) is 4.74 Å². The van der Waals surface area contributed by atoms with Crippen molar-refractivity contribution in [2.75, 3.05) is 0 Å². The lowest BCUT2D eigenvalue weighted by molar-refractivity contribution is -0.121. The minimum atomic E-state index is -0.419. The molecular formula is C28H37BrN2O3. The van der Waals surface area contributed by atoms with Gasteiger partial charge in [0.25, 0.3) is 0 Å². The van der Waals surface area contributed by atoms with Gasteiger partial charge in [-0.05, 0) is 54.4 Å². The number of hydrogen-bond donors (Lipinski definition) is 1. The van der Waals surface area contributed by atoms with E-state index in [1.807, 2.05) is 6.07 Å². The van der Waals surface area contributed by atoms with Crippen LogP contribution in [0.5, 0.6) is 5.75 Å². The average Bonchev–Trinajstić information content (AvgIpc) is 2.83. The van der Waals surface area contributed by atoms with Gasteiger partial charge in [0.05, 0.1) is 11.8 Å². The Labute approximate surface area is 212 Å². The Balaban J connectivity index is 1.56. The van der Waals surface area contributed by atoms with Crippen LogP contribution in [0.2, 0.25) is 0 Å². The highest BCUT2D eigenvalue weighted by atomic mass is 79.9. The molecule has 0 spiro atoms. The number of nitrogens with zero attached hydrogens (tertiary/aromatic N) is 1. The first kappa shape index (κ1) is 27.8. The van der Waals surface area contributed by atoms with Gasteiger partial charge in [0.2, 0.25) is 5.91 Å². The molecular weight excluding hydrogens is 492 g/mol. The largest absolute Gasteiger partial charge is 0.423 e. The minimum absolute atomic E-state index is 0.0632. The highest BCUT2D eigenvalue weighted by Crippen LogP contribution is 2.16. The summed E-state index contributed by atoms with van der Waals surface area (Å²) in [6.45, 7) is 2.25. The number of rotatable bonds is 16. The van der Waals surface area contributed by atoms with Crippen LogP contribution in [-0.2, 0) is 4.79 Å². The van der Waals surface area contributed by atoms with Crippen LogP contribution in [-0.4, -0.2) is 18.1 Å². The number of carbonyl (C=O) groups excluding carboxylic acids is 2. The maximum atomic E-state index is 12.2. The van der Waals surface area contributed by atoms with Crippen molar-refractivity contribution in [2.24, 2.45) is 5.10 Å². The summed E-state index contributed by atoms with van der Waals surface area (Å²) in [6, 6.07) is 14.0. The van der Waals surface area contributed by atoms with E-state index in [1.165, 1.54) is 57.8 Å². The van der Waals surface area contributed by atoms with E-state index in [2.05, 4.69) is 33.4 Å². The van der Waals surface area contributed by atoms with E-state index in [-0.39, 0.29) is 5.91 Å². The molecule has 0 unspecified atom stereocenters. The molecule has 0 bridgehead atoms. The molecule has 1 amide bonds. The maximum absolute atomic E-state index is 12.2. The van der Waals surface area contributed by atoms with Crippen LogP contribution in [0, 0.1) is 0 Å². The summed E-state index contributed by atoms with van der Waals surface area (Å²) in [7, 11) is 0. The van der Waals surface area contributed by atoms with Crippen LogP contribution in [0.15, 0.2) is 58.1 Å². The molecule has 2 aromatic rings. The second-order valence-corrected chi connectivity index (χ2v) is 9.46. The molecule has 2 aromatic carbocycles. The molecule has 0 aliphatic carbocycles. The first-order chi connectivity index (χ1) is 16.6. The molecule has 1 N–H and O–H groups in total. The Morgan fingerprint density at radius 2 is 1.50 bits per heavy atom. The van der Waals surface area contributed by atoms with Gasteiger partial charge in [0, 0.05) is 10.9 Å². The van der Waals surface area contributed by atoms with E-state index in [0.717, 1.165) is 22.9 Å². The van der Waals surface area contributed by atoms with E-state index < -0.39 is 5.97 Å². The third-order valence-electron chi connectivity index (χ3n) is 5.56. The number of amides is 1. The lowest BCUT2D eigenvalue weighted by Crippen LogP contribution is -2.16. The molecule has 2 rings (SSSR count). The number of carbonyl (C=O) groups is 2. The van der Waals surface area contributed by atoms with Gasteiger partial charge < -0.3 is 4.74 Å². The minimum Gasteiger partial charge on any atom is -0.423 e. The monoisotopic (exact) mass is 528 g/mol. The fraction of sp³-hybridized carbons (Fsp3) is 0.464. The lowest BCUT2D eigenvalue weighted by atomic mass is 10.1. The van der Waals surface area contributed by atoms with E-state index >= 15 is 0 Å². The van der Waals surface area contributed by atoms with Crippen molar-refractivity contribution in [1.82, 2.24) is 5.43 Å². The summed E-state index contributed by atoms with van der Waals surface area (Å²) in [6.07, 6.45) is 16.0. The fourth-order valence-electron chi connectivity index (χ4n) is 3.59. The molecule has 0 saturated heterocycles.